The van der Waals surface area contributed by atoms with E-state index >= 15 is 0 Å². The van der Waals surface area contributed by atoms with Gasteiger partial charge < -0.3 is 5.73 Å². The summed E-state index contributed by atoms with van der Waals surface area (Å²) >= 11 is 0. The first-order chi connectivity index (χ1) is 7.98. The Labute approximate surface area is 96.7 Å². The highest BCUT2D eigenvalue weighted by Crippen LogP contribution is 2.32. The normalized spacial score (nSPS) is 11.5. The minimum atomic E-state index is -4.30. The Bertz CT molecular complexity index is 515. The van der Waals surface area contributed by atoms with Gasteiger partial charge in [0.2, 0.25) is 0 Å². The van der Waals surface area contributed by atoms with Crippen molar-refractivity contribution in [1.29, 1.82) is 0 Å². The molecule has 2 N–H and O–H groups in total. The van der Waals surface area contributed by atoms with Gasteiger partial charge in [-0.25, -0.2) is 0 Å². The topological polar surface area (TPSA) is 26.0 Å². The number of nitrogens with two attached hydrogens (primary N) is 1. The average Bonchev–Trinajstić information content (AvgIpc) is 2.29. The zero-order chi connectivity index (χ0) is 12.5. The van der Waals surface area contributed by atoms with Crippen LogP contribution in [-0.2, 0) is 6.18 Å². The zero-order valence-electron chi connectivity index (χ0n) is 8.83. The molecule has 0 aliphatic rings. The zero-order valence-corrected chi connectivity index (χ0v) is 8.83. The Hall–Kier alpha value is -1.97. The van der Waals surface area contributed by atoms with E-state index in [2.05, 4.69) is 0 Å². The number of anilines is 1. The van der Waals surface area contributed by atoms with E-state index in [4.69, 9.17) is 5.73 Å². The lowest BCUT2D eigenvalue weighted by atomic mass is 10.0. The van der Waals surface area contributed by atoms with Crippen LogP contribution in [-0.4, -0.2) is 0 Å². The molecule has 2 aromatic carbocycles. The van der Waals surface area contributed by atoms with E-state index in [-0.39, 0.29) is 0 Å². The molecule has 0 bridgehead atoms. The number of hydrogen-bond donors (Lipinski definition) is 1. The minimum Gasteiger partial charge on any atom is -0.398 e. The number of alkyl halides is 3. The third-order valence-corrected chi connectivity index (χ3v) is 2.48. The van der Waals surface area contributed by atoms with Crippen LogP contribution < -0.4 is 5.73 Å². The molecule has 2 rings (SSSR count). The highest BCUT2D eigenvalue weighted by atomic mass is 19.4. The van der Waals surface area contributed by atoms with Crippen molar-refractivity contribution in [3.63, 3.8) is 0 Å². The third-order valence-electron chi connectivity index (χ3n) is 2.48. The average molecular weight is 237 g/mol. The van der Waals surface area contributed by atoms with E-state index in [1.807, 2.05) is 0 Å². The van der Waals surface area contributed by atoms with Crippen LogP contribution >= 0.6 is 0 Å². The molecule has 1 nitrogen and oxygen atoms in total. The molecule has 0 saturated heterocycles. The maximum atomic E-state index is 12.4. The van der Waals surface area contributed by atoms with Gasteiger partial charge in [-0.3, -0.25) is 0 Å². The maximum absolute atomic E-state index is 12.4. The monoisotopic (exact) mass is 237 g/mol. The van der Waals surface area contributed by atoms with Gasteiger partial charge in [0.1, 0.15) is 0 Å². The third kappa shape index (κ3) is 2.41. The molecule has 0 aliphatic heterocycles. The van der Waals surface area contributed by atoms with Crippen molar-refractivity contribution in [2.45, 2.75) is 6.18 Å². The van der Waals surface area contributed by atoms with E-state index in [9.17, 15) is 13.2 Å². The first-order valence-corrected chi connectivity index (χ1v) is 5.00. The molecule has 17 heavy (non-hydrogen) atoms. The van der Waals surface area contributed by atoms with Crippen LogP contribution in [0, 0.1) is 0 Å². The number of nitrogen functional groups attached to an aromatic ring is 1. The van der Waals surface area contributed by atoms with Crippen LogP contribution in [0.25, 0.3) is 11.1 Å². The SMILES string of the molecule is Nc1ccccc1-c1ccc(C(F)(F)F)cc1. The van der Waals surface area contributed by atoms with Gasteiger partial charge >= 0.3 is 6.18 Å². The summed E-state index contributed by atoms with van der Waals surface area (Å²) in [6, 6.07) is 12.0. The summed E-state index contributed by atoms with van der Waals surface area (Å²) in [6.45, 7) is 0. The van der Waals surface area contributed by atoms with Crippen molar-refractivity contribution in [3.05, 3.63) is 54.1 Å². The lowest BCUT2D eigenvalue weighted by molar-refractivity contribution is -0.137. The first-order valence-electron chi connectivity index (χ1n) is 5.00. The molecule has 0 radical (unpaired) electrons. The Kier molecular flexibility index (Phi) is 2.79. The summed E-state index contributed by atoms with van der Waals surface area (Å²) in [4.78, 5) is 0. The van der Waals surface area contributed by atoms with Crippen LogP contribution in [0.5, 0.6) is 0 Å². The van der Waals surface area contributed by atoms with Gasteiger partial charge in [-0.1, -0.05) is 30.3 Å². The predicted octanol–water partition coefficient (Wildman–Crippen LogP) is 3.95. The smallest absolute Gasteiger partial charge is 0.398 e. The summed E-state index contributed by atoms with van der Waals surface area (Å²) < 4.78 is 37.1. The fourth-order valence-corrected chi connectivity index (χ4v) is 1.60. The summed E-state index contributed by atoms with van der Waals surface area (Å²) in [7, 11) is 0. The molecule has 0 saturated carbocycles. The molecule has 0 aliphatic carbocycles. The molecule has 0 fully saturated rings. The Morgan fingerprint density at radius 1 is 0.824 bits per heavy atom. The summed E-state index contributed by atoms with van der Waals surface area (Å²) in [5.41, 5.74) is 7.06. The second-order valence-corrected chi connectivity index (χ2v) is 3.66. The van der Waals surface area contributed by atoms with E-state index in [1.54, 1.807) is 24.3 Å². The van der Waals surface area contributed by atoms with E-state index in [1.165, 1.54) is 12.1 Å². The van der Waals surface area contributed by atoms with Crippen molar-refractivity contribution in [2.24, 2.45) is 0 Å². The standard InChI is InChI=1S/C13H10F3N/c14-13(15,16)10-7-5-9(6-8-10)11-3-1-2-4-12(11)17/h1-8H,17H2. The van der Waals surface area contributed by atoms with Gasteiger partial charge in [0.25, 0.3) is 0 Å². The molecular formula is C13H10F3N. The molecular weight excluding hydrogens is 227 g/mol. The summed E-state index contributed by atoms with van der Waals surface area (Å²) in [5.74, 6) is 0. The lowest BCUT2D eigenvalue weighted by Crippen LogP contribution is -2.04. The molecule has 4 heteroatoms. The minimum absolute atomic E-state index is 0.548. The molecule has 0 atom stereocenters. The number of benzene rings is 2. The number of halogens is 3. The van der Waals surface area contributed by atoms with Gasteiger partial charge in [0, 0.05) is 11.3 Å². The second kappa shape index (κ2) is 4.13. The molecule has 0 heterocycles. The van der Waals surface area contributed by atoms with Crippen molar-refractivity contribution < 1.29 is 13.2 Å². The molecule has 0 spiro atoms. The maximum Gasteiger partial charge on any atom is 0.416 e. The van der Waals surface area contributed by atoms with Crippen LogP contribution in [0.15, 0.2) is 48.5 Å². The number of rotatable bonds is 1. The molecule has 0 unspecified atom stereocenters. The van der Waals surface area contributed by atoms with Crippen molar-refractivity contribution >= 4 is 5.69 Å². The van der Waals surface area contributed by atoms with Crippen LogP contribution in [0.2, 0.25) is 0 Å². The number of hydrogen-bond acceptors (Lipinski definition) is 1. The van der Waals surface area contributed by atoms with Gasteiger partial charge in [-0.2, -0.15) is 13.2 Å². The Morgan fingerprint density at radius 2 is 1.41 bits per heavy atom. The molecule has 88 valence electrons. The van der Waals surface area contributed by atoms with E-state index in [0.717, 1.165) is 17.7 Å². The van der Waals surface area contributed by atoms with Crippen LogP contribution in [0.1, 0.15) is 5.56 Å². The lowest BCUT2D eigenvalue weighted by Gasteiger charge is -2.09. The Morgan fingerprint density at radius 3 is 1.94 bits per heavy atom. The fraction of sp³-hybridized carbons (Fsp3) is 0.0769. The van der Waals surface area contributed by atoms with Crippen molar-refractivity contribution in [2.75, 3.05) is 5.73 Å². The van der Waals surface area contributed by atoms with Gasteiger partial charge in [0.15, 0.2) is 0 Å². The predicted molar refractivity (Wildman–Crippen MR) is 61.3 cm³/mol. The molecule has 0 aromatic heterocycles. The quantitative estimate of drug-likeness (QED) is 0.746. The van der Waals surface area contributed by atoms with Gasteiger partial charge in [0.05, 0.1) is 5.56 Å². The number of para-hydroxylation sites is 1. The summed E-state index contributed by atoms with van der Waals surface area (Å²) in [5, 5.41) is 0. The first kappa shape index (κ1) is 11.5. The van der Waals surface area contributed by atoms with Crippen molar-refractivity contribution in [1.82, 2.24) is 0 Å². The summed E-state index contributed by atoms with van der Waals surface area (Å²) in [6.07, 6.45) is -4.30. The van der Waals surface area contributed by atoms with Crippen molar-refractivity contribution in [3.8, 4) is 11.1 Å². The second-order valence-electron chi connectivity index (χ2n) is 3.66. The van der Waals surface area contributed by atoms with Crippen LogP contribution in [0.3, 0.4) is 0 Å². The Balaban J connectivity index is 2.40. The van der Waals surface area contributed by atoms with Crippen LogP contribution in [0.4, 0.5) is 18.9 Å². The molecule has 2 aromatic rings. The van der Waals surface area contributed by atoms with E-state index < -0.39 is 11.7 Å². The largest absolute Gasteiger partial charge is 0.416 e. The molecule has 0 amide bonds. The fourth-order valence-electron chi connectivity index (χ4n) is 1.60. The highest BCUT2D eigenvalue weighted by Gasteiger charge is 2.29. The highest BCUT2D eigenvalue weighted by molar-refractivity contribution is 5.76. The van der Waals surface area contributed by atoms with Gasteiger partial charge in [-0.15, -0.1) is 0 Å². The van der Waals surface area contributed by atoms with E-state index in [0.29, 0.717) is 11.3 Å². The van der Waals surface area contributed by atoms with Gasteiger partial charge in [-0.05, 0) is 23.8 Å².